The Bertz CT molecular complexity index is 2210. The number of rotatable bonds is 8. The summed E-state index contributed by atoms with van der Waals surface area (Å²) >= 11 is 32.1. The zero-order valence-corrected chi connectivity index (χ0v) is 42.2. The SMILES string of the molecule is C1CCOC1.CC(c1ccc(Cl)cc1)N1CCN=C1NC#N.CC(c1ccc(Cl)cc1)N1CCN=C1NC(N)=S.COc1ccc(P2(=S)SP(=S)(c3ccc(OC)cc3)S2)cc1. The van der Waals surface area contributed by atoms with Gasteiger partial charge in [0.25, 0.3) is 0 Å². The fraction of sp³-hybridized carbons (Fsp3) is 0.333. The Morgan fingerprint density at radius 1 is 0.742 bits per heavy atom. The number of benzene rings is 4. The number of methoxy groups -OCH3 is 2. The van der Waals surface area contributed by atoms with Crippen LogP contribution in [0.4, 0.5) is 0 Å². The van der Waals surface area contributed by atoms with Crippen LogP contribution in [0.1, 0.15) is 49.9 Å². The van der Waals surface area contributed by atoms with Crippen molar-refractivity contribution in [2.75, 3.05) is 53.6 Å². The number of nitrogens with one attached hydrogen (secondary N) is 2. The number of thiocarbonyl (C=S) groups is 1. The van der Waals surface area contributed by atoms with Gasteiger partial charge in [-0.05, 0) is 123 Å². The van der Waals surface area contributed by atoms with E-state index in [0.29, 0.717) is 5.96 Å². The van der Waals surface area contributed by atoms with Crippen LogP contribution in [0.3, 0.4) is 0 Å². The van der Waals surface area contributed by atoms with E-state index >= 15 is 0 Å². The zero-order chi connectivity index (χ0) is 44.7. The van der Waals surface area contributed by atoms with Crippen molar-refractivity contribution in [1.29, 1.82) is 5.26 Å². The van der Waals surface area contributed by atoms with E-state index in [-0.39, 0.29) is 17.2 Å². The predicted molar refractivity (Wildman–Crippen MR) is 275 cm³/mol. The Hall–Kier alpha value is -3.06. The van der Waals surface area contributed by atoms with Crippen LogP contribution in [0, 0.1) is 11.5 Å². The lowest BCUT2D eigenvalue weighted by atomic mass is 10.1. The van der Waals surface area contributed by atoms with Crippen molar-refractivity contribution in [3.8, 4) is 17.7 Å². The number of nitrogens with zero attached hydrogens (tertiary/aromatic N) is 5. The summed E-state index contributed by atoms with van der Waals surface area (Å²) in [5, 5.41) is 18.3. The highest BCUT2D eigenvalue weighted by Gasteiger charge is 2.45. The standard InChI is InChI=1S/C14H14O2P2S4.C12H15ClN4S.C12H13ClN4.C4H8O/c1-15-11-3-7-13(8-4-11)17(19)21-18(20,22-17)14-9-5-12(16-2)6-10-14;1-8(9-2-4-10(13)5-3-9)17-7-6-15-12(17)16-11(14)18;1-9(10-2-4-11(13)5-3-10)17-7-6-15-12(17)16-8-14;1-2-4-5-3-1/h3-10H,1-2H3;2-5,8H,6-7H2,1H3,(H3,14,15,16,18);2-5,9H,6-7H2,1H3,(H,15,16);1-4H2. The van der Waals surface area contributed by atoms with Gasteiger partial charge in [0.15, 0.2) is 11.3 Å². The molecule has 0 aromatic heterocycles. The second-order valence-electron chi connectivity index (χ2n) is 13.9. The molecular formula is C42H50Cl2N8O3P2S5. The third kappa shape index (κ3) is 14.0. The molecule has 330 valence electrons. The molecule has 0 amide bonds. The summed E-state index contributed by atoms with van der Waals surface area (Å²) in [4.78, 5) is 12.8. The van der Waals surface area contributed by atoms with Gasteiger partial charge in [0, 0.05) is 47.0 Å². The Morgan fingerprint density at radius 3 is 1.50 bits per heavy atom. The van der Waals surface area contributed by atoms with E-state index in [1.807, 2.05) is 101 Å². The highest BCUT2D eigenvalue weighted by Crippen LogP contribution is 3.04. The Morgan fingerprint density at radius 2 is 1.15 bits per heavy atom. The molecular weight excluding hydrogens is 958 g/mol. The third-order valence-corrected chi connectivity index (χ3v) is 41.7. The Balaban J connectivity index is 0.000000167. The van der Waals surface area contributed by atoms with Gasteiger partial charge in [-0.25, -0.2) is 0 Å². The molecule has 2 saturated heterocycles. The van der Waals surface area contributed by atoms with Crippen LogP contribution in [-0.2, 0) is 28.4 Å². The highest BCUT2D eigenvalue weighted by atomic mass is 35.5. The van der Waals surface area contributed by atoms with Crippen molar-refractivity contribution in [3.05, 3.63) is 118 Å². The summed E-state index contributed by atoms with van der Waals surface area (Å²) in [7, 11) is 3.34. The maximum atomic E-state index is 8.65. The quantitative estimate of drug-likeness (QED) is 0.0670. The molecule has 4 aromatic rings. The molecule has 2 unspecified atom stereocenters. The number of hydrogen-bond acceptors (Lipinski definition) is 14. The molecule has 20 heteroatoms. The van der Waals surface area contributed by atoms with Crippen LogP contribution in [0.25, 0.3) is 0 Å². The first kappa shape index (κ1) is 49.9. The summed E-state index contributed by atoms with van der Waals surface area (Å²) in [6.07, 6.45) is 4.47. The summed E-state index contributed by atoms with van der Waals surface area (Å²) in [5.74, 6) is 3.10. The summed E-state index contributed by atoms with van der Waals surface area (Å²) < 4.78 is 12.0. The lowest BCUT2D eigenvalue weighted by molar-refractivity contribution is 0.198. The number of aliphatic imine (C=N–C) groups is 2. The van der Waals surface area contributed by atoms with Crippen molar-refractivity contribution in [1.82, 2.24) is 20.4 Å². The first-order valence-electron chi connectivity index (χ1n) is 19.6. The minimum atomic E-state index is -1.66. The topological polar surface area (TPSA) is 133 Å². The van der Waals surface area contributed by atoms with Crippen molar-refractivity contribution in [2.45, 2.75) is 38.8 Å². The van der Waals surface area contributed by atoms with Crippen LogP contribution in [0.15, 0.2) is 107 Å². The molecule has 62 heavy (non-hydrogen) atoms. The fourth-order valence-corrected chi connectivity index (χ4v) is 49.0. The van der Waals surface area contributed by atoms with Gasteiger partial charge in [-0.2, -0.15) is 5.26 Å². The van der Waals surface area contributed by atoms with E-state index in [4.69, 9.17) is 84.2 Å². The van der Waals surface area contributed by atoms with Gasteiger partial charge in [0.2, 0.25) is 11.9 Å². The molecule has 4 heterocycles. The lowest BCUT2D eigenvalue weighted by Crippen LogP contribution is -2.44. The van der Waals surface area contributed by atoms with Gasteiger partial charge in [-0.3, -0.25) is 15.3 Å². The number of nitriles is 1. The molecule has 2 fully saturated rings. The van der Waals surface area contributed by atoms with Crippen molar-refractivity contribution < 1.29 is 14.2 Å². The van der Waals surface area contributed by atoms with Crippen LogP contribution in [-0.4, -0.2) is 80.4 Å². The molecule has 8 rings (SSSR count). The first-order chi connectivity index (χ1) is 29.8. The maximum absolute atomic E-state index is 8.65. The smallest absolute Gasteiger partial charge is 0.208 e. The normalized spacial score (nSPS) is 20.7. The largest absolute Gasteiger partial charge is 0.497 e. The second kappa shape index (κ2) is 24.3. The fourth-order valence-electron chi connectivity index (χ4n) is 6.42. The van der Waals surface area contributed by atoms with Gasteiger partial charge in [-0.1, -0.05) is 93.1 Å². The average Bonchev–Trinajstić information content (AvgIpc) is 4.09. The third-order valence-electron chi connectivity index (χ3n) is 9.83. The van der Waals surface area contributed by atoms with E-state index in [0.717, 1.165) is 72.5 Å². The highest BCUT2D eigenvalue weighted by molar-refractivity contribution is 9.48. The van der Waals surface area contributed by atoms with Gasteiger partial charge >= 0.3 is 0 Å². The molecule has 4 N–H and O–H groups in total. The minimum absolute atomic E-state index is 0.175. The van der Waals surface area contributed by atoms with Crippen molar-refractivity contribution in [2.24, 2.45) is 15.7 Å². The van der Waals surface area contributed by atoms with Crippen molar-refractivity contribution in [3.63, 3.8) is 0 Å². The zero-order valence-electron chi connectivity index (χ0n) is 34.8. The van der Waals surface area contributed by atoms with Gasteiger partial charge < -0.3 is 35.1 Å². The molecule has 0 spiro atoms. The molecule has 0 aliphatic carbocycles. The van der Waals surface area contributed by atoms with Gasteiger partial charge in [0.1, 0.15) is 11.5 Å². The van der Waals surface area contributed by atoms with E-state index < -0.39 is 8.88 Å². The predicted octanol–water partition coefficient (Wildman–Crippen LogP) is 9.60. The van der Waals surface area contributed by atoms with Crippen LogP contribution in [0.5, 0.6) is 11.5 Å². The summed E-state index contributed by atoms with van der Waals surface area (Å²) in [6, 6.07) is 32.1. The lowest BCUT2D eigenvalue weighted by Gasteiger charge is -2.40. The average molecular weight is 1010 g/mol. The Kier molecular flexibility index (Phi) is 19.6. The molecule has 4 aliphatic heterocycles. The molecule has 11 nitrogen and oxygen atoms in total. The molecule has 0 saturated carbocycles. The Labute approximate surface area is 398 Å². The van der Waals surface area contributed by atoms with Gasteiger partial charge in [-0.15, -0.1) is 0 Å². The monoisotopic (exact) mass is 1010 g/mol. The molecule has 4 aliphatic rings. The second-order valence-corrected chi connectivity index (χ2v) is 36.5. The van der Waals surface area contributed by atoms with Crippen molar-refractivity contribution >= 4 is 118 Å². The number of halogens is 2. The summed E-state index contributed by atoms with van der Waals surface area (Å²) in [6.45, 7) is 9.36. The van der Waals surface area contributed by atoms with Crippen LogP contribution in [0.2, 0.25) is 10.0 Å². The number of nitrogens with two attached hydrogens (primary N) is 1. The molecule has 2 atom stereocenters. The van der Waals surface area contributed by atoms with E-state index in [1.165, 1.54) is 29.0 Å². The van der Waals surface area contributed by atoms with Gasteiger partial charge in [0.05, 0.1) is 48.3 Å². The number of guanidine groups is 2. The number of ether oxygens (including phenoxy) is 3. The summed E-state index contributed by atoms with van der Waals surface area (Å²) in [5.41, 5.74) is 7.82. The number of hydrogen-bond donors (Lipinski definition) is 3. The van der Waals surface area contributed by atoms with Crippen LogP contribution < -0.4 is 36.5 Å². The van der Waals surface area contributed by atoms with E-state index in [2.05, 4.69) is 68.5 Å². The molecule has 4 aromatic carbocycles. The molecule has 0 radical (unpaired) electrons. The maximum Gasteiger partial charge on any atom is 0.208 e. The molecule has 0 bridgehead atoms. The first-order valence-corrected chi connectivity index (χ1v) is 30.5. The minimum Gasteiger partial charge on any atom is -0.497 e. The van der Waals surface area contributed by atoms with Crippen LogP contribution >= 0.6 is 66.3 Å². The van der Waals surface area contributed by atoms with E-state index in [1.54, 1.807) is 14.2 Å². The van der Waals surface area contributed by atoms with E-state index in [9.17, 15) is 0 Å².